The number of carbonyl (C=O) groups excluding carboxylic acids is 1. The molecule has 1 amide bonds. The predicted molar refractivity (Wildman–Crippen MR) is 200 cm³/mol. The minimum atomic E-state index is -4.14. The number of aliphatic hydroxyl groups excluding tert-OH is 1. The normalized spacial score (nSPS) is 14.0. The molecule has 5 rings (SSSR count). The molecule has 5 aromatic rings. The van der Waals surface area contributed by atoms with Crippen LogP contribution in [0.2, 0.25) is 5.02 Å². The Bertz CT molecular complexity index is 2110. The van der Waals surface area contributed by atoms with E-state index in [0.29, 0.717) is 5.01 Å². The van der Waals surface area contributed by atoms with E-state index in [4.69, 9.17) is 17.3 Å². The van der Waals surface area contributed by atoms with Gasteiger partial charge in [-0.3, -0.25) is 13.9 Å². The molecule has 0 saturated heterocycles. The fourth-order valence-corrected chi connectivity index (χ4v) is 8.70. The van der Waals surface area contributed by atoms with Crippen molar-refractivity contribution in [3.63, 3.8) is 0 Å². The first-order valence-electron chi connectivity index (χ1n) is 16.6. The molecule has 0 unspecified atom stereocenters. The van der Waals surface area contributed by atoms with Gasteiger partial charge < -0.3 is 21.3 Å². The van der Waals surface area contributed by atoms with Gasteiger partial charge in [0.1, 0.15) is 11.0 Å². The summed E-state index contributed by atoms with van der Waals surface area (Å²) in [4.78, 5) is 32.4. The molecule has 0 aliphatic carbocycles. The van der Waals surface area contributed by atoms with E-state index in [2.05, 4.69) is 10.3 Å². The maximum atomic E-state index is 14.1. The molecular formula is C36H43ClN6O6S2. The second-order valence-electron chi connectivity index (χ2n) is 13.3. The number of fused-ring (bicyclic) bond motifs is 1. The fourth-order valence-electron chi connectivity index (χ4n) is 5.97. The van der Waals surface area contributed by atoms with Gasteiger partial charge in [0, 0.05) is 13.1 Å². The Morgan fingerprint density at radius 1 is 1.04 bits per heavy atom. The molecule has 0 spiro atoms. The number of sulfonamides is 1. The number of amides is 1. The minimum absolute atomic E-state index is 0.0121. The van der Waals surface area contributed by atoms with E-state index in [1.165, 1.54) is 44.6 Å². The number of aromatic nitrogens is 3. The zero-order valence-corrected chi connectivity index (χ0v) is 31.2. The molecule has 51 heavy (non-hydrogen) atoms. The first-order chi connectivity index (χ1) is 24.1. The predicted octanol–water partition coefficient (Wildman–Crippen LogP) is 4.88. The Balaban J connectivity index is 1.44. The lowest BCUT2D eigenvalue weighted by atomic mass is 9.98. The van der Waals surface area contributed by atoms with Crippen molar-refractivity contribution in [1.82, 2.24) is 23.7 Å². The van der Waals surface area contributed by atoms with Crippen LogP contribution in [0.5, 0.6) is 5.88 Å². The molecule has 3 aromatic carbocycles. The number of nitrogens with zero attached hydrogens (tertiary/aromatic N) is 4. The van der Waals surface area contributed by atoms with Crippen molar-refractivity contribution in [2.75, 3.05) is 18.8 Å². The molecule has 0 fully saturated rings. The first-order valence-corrected chi connectivity index (χ1v) is 19.2. The third-order valence-electron chi connectivity index (χ3n) is 8.47. The van der Waals surface area contributed by atoms with Crippen molar-refractivity contribution >= 4 is 54.8 Å². The number of hydrogen-bond acceptors (Lipinski definition) is 9. The smallest absolute Gasteiger partial charge is 0.332 e. The van der Waals surface area contributed by atoms with Gasteiger partial charge in [0.05, 0.1) is 50.7 Å². The van der Waals surface area contributed by atoms with Gasteiger partial charge in [-0.1, -0.05) is 81.8 Å². The molecule has 0 aliphatic rings. The minimum Gasteiger partial charge on any atom is -0.493 e. The molecule has 272 valence electrons. The van der Waals surface area contributed by atoms with Crippen molar-refractivity contribution in [1.29, 1.82) is 0 Å². The van der Waals surface area contributed by atoms with Gasteiger partial charge in [-0.15, -0.1) is 11.3 Å². The number of rotatable bonds is 15. The Labute approximate surface area is 306 Å². The average Bonchev–Trinajstić information content (AvgIpc) is 3.61. The van der Waals surface area contributed by atoms with E-state index in [0.717, 1.165) is 20.3 Å². The summed E-state index contributed by atoms with van der Waals surface area (Å²) in [5.41, 5.74) is 7.01. The highest BCUT2D eigenvalue weighted by Crippen LogP contribution is 2.27. The van der Waals surface area contributed by atoms with E-state index in [-0.39, 0.29) is 53.5 Å². The maximum absolute atomic E-state index is 14.1. The highest BCUT2D eigenvalue weighted by Gasteiger charge is 2.35. The topological polar surface area (TPSA) is 173 Å². The number of nitrogens with two attached hydrogens (primary N) is 1. The summed E-state index contributed by atoms with van der Waals surface area (Å²) < 4.78 is 32.2. The lowest BCUT2D eigenvalue weighted by Gasteiger charge is -2.32. The molecular weight excluding hydrogens is 712 g/mol. The summed E-state index contributed by atoms with van der Waals surface area (Å²) in [6, 6.07) is 18.8. The summed E-state index contributed by atoms with van der Waals surface area (Å²) in [6.45, 7) is 7.02. The van der Waals surface area contributed by atoms with Crippen LogP contribution in [0.3, 0.4) is 0 Å². The van der Waals surface area contributed by atoms with E-state index in [9.17, 15) is 28.2 Å². The van der Waals surface area contributed by atoms with E-state index in [1.807, 2.05) is 68.4 Å². The van der Waals surface area contributed by atoms with Crippen molar-refractivity contribution in [3.05, 3.63) is 105 Å². The number of hydrogen-bond donors (Lipinski definition) is 4. The molecule has 0 aliphatic heterocycles. The lowest BCUT2D eigenvalue weighted by molar-refractivity contribution is -0.127. The Kier molecular flexibility index (Phi) is 11.9. The first kappa shape index (κ1) is 38.0. The SMILES string of the molecule is CC(C)CN(C[C@@H](O)[C@H](Cc1ccccc1)NC(=O)[C@H](C(C)C)n1cc(O)n(Cc2nc3ccccc3s2)c1=O)S(=O)(=O)c1ccc(Cl)c(N)c1. The van der Waals surface area contributed by atoms with E-state index < -0.39 is 45.7 Å². The summed E-state index contributed by atoms with van der Waals surface area (Å²) >= 11 is 7.46. The van der Waals surface area contributed by atoms with Crippen LogP contribution in [-0.4, -0.2) is 68.2 Å². The van der Waals surface area contributed by atoms with Crippen molar-refractivity contribution < 1.29 is 23.4 Å². The van der Waals surface area contributed by atoms with Crippen LogP contribution in [-0.2, 0) is 27.8 Å². The van der Waals surface area contributed by atoms with E-state index in [1.54, 1.807) is 13.8 Å². The van der Waals surface area contributed by atoms with Crippen LogP contribution in [0.15, 0.2) is 88.7 Å². The number of carbonyl (C=O) groups is 1. The number of imidazole rings is 1. The number of nitrogen functional groups attached to an aromatic ring is 1. The number of nitrogens with one attached hydrogen (secondary N) is 1. The number of benzene rings is 3. The van der Waals surface area contributed by atoms with Gasteiger partial charge in [0.2, 0.25) is 21.8 Å². The van der Waals surface area contributed by atoms with Crippen LogP contribution >= 0.6 is 22.9 Å². The standard InChI is InChI=1S/C36H43ClN6O6S2/c1-22(2)18-41(51(48,49)25-14-15-26(37)27(38)17-25)19-30(44)29(16-24-10-6-5-7-11-24)40-35(46)34(23(3)4)43-21-33(45)42(36(43)47)20-32-39-28-12-8-9-13-31(28)50-32/h5-15,17,21-23,29-30,34,44-45H,16,18-20,38H2,1-4H3,(H,40,46)/t29-,30+,34-/m0/s1. The van der Waals surface area contributed by atoms with Crippen LogP contribution < -0.4 is 16.7 Å². The molecule has 5 N–H and O–H groups in total. The molecule has 15 heteroatoms. The average molecular weight is 755 g/mol. The van der Waals surface area contributed by atoms with Gasteiger partial charge >= 0.3 is 5.69 Å². The summed E-state index contributed by atoms with van der Waals surface area (Å²) in [5, 5.41) is 26.4. The summed E-state index contributed by atoms with van der Waals surface area (Å²) in [7, 11) is -4.14. The van der Waals surface area contributed by atoms with Gasteiger partial charge in [-0.25, -0.2) is 18.2 Å². The molecule has 0 bridgehead atoms. The highest BCUT2D eigenvalue weighted by atomic mass is 35.5. The van der Waals surface area contributed by atoms with Gasteiger partial charge in [-0.2, -0.15) is 4.31 Å². The van der Waals surface area contributed by atoms with Crippen LogP contribution in [0.25, 0.3) is 10.2 Å². The maximum Gasteiger partial charge on any atom is 0.332 e. The van der Waals surface area contributed by atoms with E-state index >= 15 is 0 Å². The summed E-state index contributed by atoms with van der Waals surface area (Å²) in [6.07, 6.45) is 0.0341. The number of aromatic hydroxyl groups is 1. The number of thiazole rings is 1. The Hall–Kier alpha value is -4.21. The Morgan fingerprint density at radius 2 is 1.73 bits per heavy atom. The van der Waals surface area contributed by atoms with Crippen LogP contribution in [0, 0.1) is 11.8 Å². The number of para-hydroxylation sites is 1. The molecule has 12 nitrogen and oxygen atoms in total. The van der Waals surface area contributed by atoms with Crippen LogP contribution in [0.1, 0.15) is 44.3 Å². The molecule has 0 saturated carbocycles. The quantitative estimate of drug-likeness (QED) is 0.110. The second kappa shape index (κ2) is 16.0. The fraction of sp³-hybridized carbons (Fsp3) is 0.361. The molecule has 3 atom stereocenters. The second-order valence-corrected chi connectivity index (χ2v) is 16.8. The van der Waals surface area contributed by atoms with Crippen LogP contribution in [0.4, 0.5) is 5.69 Å². The molecule has 2 aromatic heterocycles. The number of halogens is 1. The molecule has 0 radical (unpaired) electrons. The highest BCUT2D eigenvalue weighted by molar-refractivity contribution is 7.89. The van der Waals surface area contributed by atoms with Crippen molar-refractivity contribution in [2.45, 2.75) is 63.7 Å². The number of anilines is 1. The van der Waals surface area contributed by atoms with Gasteiger partial charge in [0.15, 0.2) is 0 Å². The lowest BCUT2D eigenvalue weighted by Crippen LogP contribution is -2.53. The third kappa shape index (κ3) is 8.82. The third-order valence-corrected chi connectivity index (χ3v) is 11.7. The zero-order chi connectivity index (χ0) is 37.0. The molecule has 2 heterocycles. The van der Waals surface area contributed by atoms with Crippen molar-refractivity contribution in [2.24, 2.45) is 11.8 Å². The van der Waals surface area contributed by atoms with Crippen molar-refractivity contribution in [3.8, 4) is 5.88 Å². The largest absolute Gasteiger partial charge is 0.493 e. The Morgan fingerprint density at radius 3 is 2.37 bits per heavy atom. The number of aliphatic hydroxyl groups is 1. The van der Waals surface area contributed by atoms with Gasteiger partial charge in [-0.05, 0) is 54.2 Å². The zero-order valence-electron chi connectivity index (χ0n) is 28.8. The monoisotopic (exact) mass is 754 g/mol. The summed E-state index contributed by atoms with van der Waals surface area (Å²) in [5.74, 6) is -1.41. The van der Waals surface area contributed by atoms with Gasteiger partial charge in [0.25, 0.3) is 0 Å².